The molecule has 7 heteroatoms. The van der Waals surface area contributed by atoms with Crippen LogP contribution >= 0.6 is 23.4 Å². The number of hydrogen-bond acceptors (Lipinski definition) is 4. The van der Waals surface area contributed by atoms with Crippen molar-refractivity contribution in [3.8, 4) is 11.4 Å². The normalized spacial score (nSPS) is 12.0. The van der Waals surface area contributed by atoms with E-state index in [1.807, 2.05) is 61.5 Å². The molecule has 2 aromatic carbocycles. The number of carbonyl (C=O) groups excluding carboxylic acids is 1. The van der Waals surface area contributed by atoms with Gasteiger partial charge in [-0.05, 0) is 43.2 Å². The zero-order valence-corrected chi connectivity index (χ0v) is 21.0. The average molecular weight is 485 g/mol. The topological polar surface area (TPSA) is 59.8 Å². The van der Waals surface area contributed by atoms with Crippen molar-refractivity contribution in [1.29, 1.82) is 0 Å². The molecule has 0 bridgehead atoms. The van der Waals surface area contributed by atoms with Gasteiger partial charge in [0.05, 0.1) is 11.8 Å². The van der Waals surface area contributed by atoms with E-state index >= 15 is 0 Å². The molecule has 176 valence electrons. The van der Waals surface area contributed by atoms with E-state index in [0.717, 1.165) is 35.1 Å². The molecule has 5 nitrogen and oxygen atoms in total. The molecule has 0 spiro atoms. The van der Waals surface area contributed by atoms with Crippen LogP contribution in [0.1, 0.15) is 64.0 Å². The Morgan fingerprint density at radius 3 is 2.42 bits per heavy atom. The zero-order valence-electron chi connectivity index (χ0n) is 19.5. The van der Waals surface area contributed by atoms with Crippen molar-refractivity contribution in [1.82, 2.24) is 20.1 Å². The van der Waals surface area contributed by atoms with E-state index in [1.54, 1.807) is 0 Å². The van der Waals surface area contributed by atoms with Gasteiger partial charge in [-0.1, -0.05) is 92.7 Å². The van der Waals surface area contributed by atoms with Crippen LogP contribution in [0.3, 0.4) is 0 Å². The van der Waals surface area contributed by atoms with Crippen LogP contribution in [-0.2, 0) is 11.3 Å². The molecule has 1 amide bonds. The molecule has 0 saturated heterocycles. The van der Waals surface area contributed by atoms with E-state index in [0.29, 0.717) is 10.8 Å². The third-order valence-corrected chi connectivity index (χ3v) is 6.78. The SMILES string of the molecule is CCCCCCCCn1c(SCC(=O)NC(C)c2ccccc2)nnc1-c1ccc(Cl)cc1. The largest absolute Gasteiger partial charge is 0.349 e. The van der Waals surface area contributed by atoms with Crippen molar-refractivity contribution < 1.29 is 4.79 Å². The summed E-state index contributed by atoms with van der Waals surface area (Å²) in [7, 11) is 0. The van der Waals surface area contributed by atoms with E-state index in [-0.39, 0.29) is 11.9 Å². The van der Waals surface area contributed by atoms with Crippen LogP contribution in [0.15, 0.2) is 59.8 Å². The molecule has 0 aliphatic carbocycles. The summed E-state index contributed by atoms with van der Waals surface area (Å²) in [6.45, 7) is 5.06. The number of amides is 1. The molecule has 1 aromatic heterocycles. The second-order valence-electron chi connectivity index (χ2n) is 8.22. The van der Waals surface area contributed by atoms with Crippen molar-refractivity contribution in [3.05, 3.63) is 65.2 Å². The number of hydrogen-bond donors (Lipinski definition) is 1. The zero-order chi connectivity index (χ0) is 23.5. The van der Waals surface area contributed by atoms with E-state index in [2.05, 4.69) is 27.0 Å². The van der Waals surface area contributed by atoms with Gasteiger partial charge in [0.15, 0.2) is 11.0 Å². The fourth-order valence-corrected chi connectivity index (χ4v) is 4.60. The Morgan fingerprint density at radius 1 is 1.00 bits per heavy atom. The molecular formula is C26H33ClN4OS. The van der Waals surface area contributed by atoms with Crippen LogP contribution < -0.4 is 5.32 Å². The van der Waals surface area contributed by atoms with Crippen LogP contribution in [0.25, 0.3) is 11.4 Å². The Labute approximate surface area is 206 Å². The van der Waals surface area contributed by atoms with Crippen molar-refractivity contribution in [2.75, 3.05) is 5.75 Å². The van der Waals surface area contributed by atoms with Gasteiger partial charge in [-0.2, -0.15) is 0 Å². The number of benzene rings is 2. The lowest BCUT2D eigenvalue weighted by molar-refractivity contribution is -0.119. The Kier molecular flexibility index (Phi) is 10.3. The monoisotopic (exact) mass is 484 g/mol. The molecule has 1 heterocycles. The lowest BCUT2D eigenvalue weighted by Crippen LogP contribution is -2.28. The molecular weight excluding hydrogens is 452 g/mol. The number of rotatable bonds is 13. The summed E-state index contributed by atoms with van der Waals surface area (Å²) >= 11 is 7.50. The molecule has 1 N–H and O–H groups in total. The predicted octanol–water partition coefficient (Wildman–Crippen LogP) is 6.93. The highest BCUT2D eigenvalue weighted by Gasteiger charge is 2.16. The summed E-state index contributed by atoms with van der Waals surface area (Å²) in [6.07, 6.45) is 7.31. The van der Waals surface area contributed by atoms with Crippen molar-refractivity contribution >= 4 is 29.3 Å². The maximum atomic E-state index is 12.6. The molecule has 0 aliphatic heterocycles. The third kappa shape index (κ3) is 7.90. The van der Waals surface area contributed by atoms with Crippen LogP contribution in [0.2, 0.25) is 5.02 Å². The Hall–Kier alpha value is -2.31. The minimum atomic E-state index is -0.0371. The minimum absolute atomic E-state index is 0.0153. The number of nitrogens with zero attached hydrogens (tertiary/aromatic N) is 3. The minimum Gasteiger partial charge on any atom is -0.349 e. The molecule has 3 rings (SSSR count). The molecule has 0 saturated carbocycles. The van der Waals surface area contributed by atoms with Gasteiger partial charge in [0, 0.05) is 17.1 Å². The van der Waals surface area contributed by atoms with E-state index in [9.17, 15) is 4.79 Å². The fraction of sp³-hybridized carbons (Fsp3) is 0.423. The smallest absolute Gasteiger partial charge is 0.230 e. The number of halogens is 1. The number of carbonyl (C=O) groups is 1. The first-order valence-corrected chi connectivity index (χ1v) is 13.1. The molecule has 33 heavy (non-hydrogen) atoms. The number of nitrogens with one attached hydrogen (secondary N) is 1. The molecule has 3 aromatic rings. The second kappa shape index (κ2) is 13.4. The molecule has 0 radical (unpaired) electrons. The molecule has 0 aliphatic rings. The first-order valence-electron chi connectivity index (χ1n) is 11.7. The first kappa shape index (κ1) is 25.3. The predicted molar refractivity (Wildman–Crippen MR) is 138 cm³/mol. The highest BCUT2D eigenvalue weighted by atomic mass is 35.5. The lowest BCUT2D eigenvalue weighted by Gasteiger charge is -2.14. The fourth-order valence-electron chi connectivity index (χ4n) is 3.70. The maximum absolute atomic E-state index is 12.6. The van der Waals surface area contributed by atoms with Crippen molar-refractivity contribution in [2.24, 2.45) is 0 Å². The van der Waals surface area contributed by atoms with Gasteiger partial charge < -0.3 is 9.88 Å². The number of aromatic nitrogens is 3. The van der Waals surface area contributed by atoms with Gasteiger partial charge in [-0.15, -0.1) is 10.2 Å². The Balaban J connectivity index is 1.64. The van der Waals surface area contributed by atoms with Crippen LogP contribution in [0.5, 0.6) is 0 Å². The van der Waals surface area contributed by atoms with Crippen LogP contribution in [0, 0.1) is 0 Å². The van der Waals surface area contributed by atoms with Gasteiger partial charge in [-0.3, -0.25) is 4.79 Å². The highest BCUT2D eigenvalue weighted by Crippen LogP contribution is 2.26. The standard InChI is InChI=1S/C26H33ClN4OS/c1-3-4-5-6-7-11-18-31-25(22-14-16-23(27)17-15-22)29-30-26(31)33-19-24(32)28-20(2)21-12-9-8-10-13-21/h8-10,12-17,20H,3-7,11,18-19H2,1-2H3,(H,28,32). The molecule has 1 atom stereocenters. The molecule has 1 unspecified atom stereocenters. The van der Waals surface area contributed by atoms with Gasteiger partial charge in [0.2, 0.25) is 5.91 Å². The van der Waals surface area contributed by atoms with Crippen molar-refractivity contribution in [3.63, 3.8) is 0 Å². The number of unbranched alkanes of at least 4 members (excludes halogenated alkanes) is 5. The summed E-state index contributed by atoms with van der Waals surface area (Å²) < 4.78 is 2.14. The Morgan fingerprint density at radius 2 is 1.70 bits per heavy atom. The first-order chi connectivity index (χ1) is 16.1. The maximum Gasteiger partial charge on any atom is 0.230 e. The van der Waals surface area contributed by atoms with Crippen molar-refractivity contribution in [2.45, 2.75) is 70.1 Å². The van der Waals surface area contributed by atoms with Gasteiger partial charge in [0.25, 0.3) is 0 Å². The van der Waals surface area contributed by atoms with Gasteiger partial charge in [-0.25, -0.2) is 0 Å². The van der Waals surface area contributed by atoms with Crippen LogP contribution in [0.4, 0.5) is 0 Å². The number of thioether (sulfide) groups is 1. The summed E-state index contributed by atoms with van der Waals surface area (Å²) in [4.78, 5) is 12.6. The summed E-state index contributed by atoms with van der Waals surface area (Å²) in [6, 6.07) is 17.6. The summed E-state index contributed by atoms with van der Waals surface area (Å²) in [5.41, 5.74) is 2.07. The lowest BCUT2D eigenvalue weighted by atomic mass is 10.1. The van der Waals surface area contributed by atoms with E-state index < -0.39 is 0 Å². The quantitative estimate of drug-likeness (QED) is 0.211. The second-order valence-corrected chi connectivity index (χ2v) is 9.60. The summed E-state index contributed by atoms with van der Waals surface area (Å²) in [5.74, 6) is 1.10. The molecule has 0 fully saturated rings. The third-order valence-electron chi connectivity index (χ3n) is 5.56. The van der Waals surface area contributed by atoms with E-state index in [4.69, 9.17) is 11.6 Å². The van der Waals surface area contributed by atoms with Crippen LogP contribution in [-0.4, -0.2) is 26.4 Å². The van der Waals surface area contributed by atoms with E-state index in [1.165, 1.54) is 43.9 Å². The van der Waals surface area contributed by atoms with Gasteiger partial charge in [0.1, 0.15) is 0 Å². The Bertz CT molecular complexity index is 991. The average Bonchev–Trinajstić information content (AvgIpc) is 3.23. The van der Waals surface area contributed by atoms with Gasteiger partial charge >= 0.3 is 0 Å². The highest BCUT2D eigenvalue weighted by molar-refractivity contribution is 7.99. The summed E-state index contributed by atoms with van der Waals surface area (Å²) in [5, 5.41) is 13.4.